The summed E-state index contributed by atoms with van der Waals surface area (Å²) in [4.78, 5) is 2.25. The standard InChI is InChI=1S/C19H24ClNO/c1-15(21(2)3)7-8-16-9-11-19(12-10-16)22-14-17-5-4-6-18(20)13-17/h4-6,9-13,15H,7-8,14H2,1-3H3. The van der Waals surface area contributed by atoms with Crippen LogP contribution >= 0.6 is 11.6 Å². The van der Waals surface area contributed by atoms with Crippen LogP contribution in [0.4, 0.5) is 0 Å². The minimum atomic E-state index is 0.539. The summed E-state index contributed by atoms with van der Waals surface area (Å²) in [6, 6.07) is 16.7. The van der Waals surface area contributed by atoms with Crippen molar-refractivity contribution in [2.45, 2.75) is 32.4 Å². The van der Waals surface area contributed by atoms with Crippen molar-refractivity contribution in [1.82, 2.24) is 4.90 Å². The van der Waals surface area contributed by atoms with Crippen LogP contribution in [0.3, 0.4) is 0 Å². The smallest absolute Gasteiger partial charge is 0.119 e. The summed E-state index contributed by atoms with van der Waals surface area (Å²) in [5.41, 5.74) is 2.43. The van der Waals surface area contributed by atoms with Crippen LogP contribution in [-0.4, -0.2) is 25.0 Å². The van der Waals surface area contributed by atoms with Crippen molar-refractivity contribution in [1.29, 1.82) is 0 Å². The molecule has 0 N–H and O–H groups in total. The summed E-state index contributed by atoms with van der Waals surface area (Å²) in [7, 11) is 4.24. The highest BCUT2D eigenvalue weighted by molar-refractivity contribution is 6.30. The van der Waals surface area contributed by atoms with Gasteiger partial charge in [0.15, 0.2) is 0 Å². The van der Waals surface area contributed by atoms with Crippen LogP contribution in [-0.2, 0) is 13.0 Å². The summed E-state index contributed by atoms with van der Waals surface area (Å²) in [5, 5.41) is 0.742. The number of nitrogens with zero attached hydrogens (tertiary/aromatic N) is 1. The molecule has 22 heavy (non-hydrogen) atoms. The van der Waals surface area contributed by atoms with E-state index in [-0.39, 0.29) is 0 Å². The quantitative estimate of drug-likeness (QED) is 0.727. The summed E-state index contributed by atoms with van der Waals surface area (Å²) < 4.78 is 5.80. The molecule has 0 aromatic heterocycles. The van der Waals surface area contributed by atoms with Crippen LogP contribution in [0.15, 0.2) is 48.5 Å². The molecule has 0 amide bonds. The molecule has 0 fully saturated rings. The van der Waals surface area contributed by atoms with Gasteiger partial charge in [-0.3, -0.25) is 0 Å². The summed E-state index contributed by atoms with van der Waals surface area (Å²) >= 11 is 5.97. The average molecular weight is 318 g/mol. The summed E-state index contributed by atoms with van der Waals surface area (Å²) in [6.45, 7) is 2.79. The second-order valence-electron chi connectivity index (χ2n) is 5.91. The maximum absolute atomic E-state index is 5.97. The highest BCUT2D eigenvalue weighted by Gasteiger charge is 2.05. The number of halogens is 1. The first-order valence-corrected chi connectivity index (χ1v) is 8.05. The largest absolute Gasteiger partial charge is 0.489 e. The molecule has 0 bridgehead atoms. The van der Waals surface area contributed by atoms with Crippen LogP contribution in [0, 0.1) is 0 Å². The number of hydrogen-bond donors (Lipinski definition) is 0. The Labute approximate surface area is 138 Å². The van der Waals surface area contributed by atoms with Crippen molar-refractivity contribution >= 4 is 11.6 Å². The predicted molar refractivity (Wildman–Crippen MR) is 93.7 cm³/mol. The molecule has 1 atom stereocenters. The number of ether oxygens (including phenoxy) is 1. The van der Waals surface area contributed by atoms with Crippen molar-refractivity contribution in [3.05, 3.63) is 64.7 Å². The maximum atomic E-state index is 5.97. The first-order chi connectivity index (χ1) is 10.5. The highest BCUT2D eigenvalue weighted by Crippen LogP contribution is 2.17. The molecule has 0 heterocycles. The SMILES string of the molecule is CC(CCc1ccc(OCc2cccc(Cl)c2)cc1)N(C)C. The molecule has 0 aliphatic rings. The fourth-order valence-electron chi connectivity index (χ4n) is 2.18. The van der Waals surface area contributed by atoms with Gasteiger partial charge < -0.3 is 9.64 Å². The topological polar surface area (TPSA) is 12.5 Å². The highest BCUT2D eigenvalue weighted by atomic mass is 35.5. The van der Waals surface area contributed by atoms with E-state index < -0.39 is 0 Å². The molecule has 2 aromatic carbocycles. The zero-order valence-electron chi connectivity index (χ0n) is 13.6. The third-order valence-corrected chi connectivity index (χ3v) is 4.19. The molecule has 0 aliphatic carbocycles. The molecule has 0 aliphatic heterocycles. The summed E-state index contributed by atoms with van der Waals surface area (Å²) in [6.07, 6.45) is 2.25. The van der Waals surface area contributed by atoms with Crippen molar-refractivity contribution in [2.24, 2.45) is 0 Å². The van der Waals surface area contributed by atoms with Gasteiger partial charge >= 0.3 is 0 Å². The molecule has 0 saturated carbocycles. The lowest BCUT2D eigenvalue weighted by molar-refractivity contribution is 0.298. The van der Waals surface area contributed by atoms with Gasteiger partial charge in [-0.25, -0.2) is 0 Å². The summed E-state index contributed by atoms with van der Waals surface area (Å²) in [5.74, 6) is 0.893. The van der Waals surface area contributed by atoms with Crippen molar-refractivity contribution in [3.63, 3.8) is 0 Å². The minimum Gasteiger partial charge on any atom is -0.489 e. The monoisotopic (exact) mass is 317 g/mol. The Balaban J connectivity index is 1.84. The number of hydrogen-bond acceptors (Lipinski definition) is 2. The first kappa shape index (κ1) is 16.9. The molecule has 118 valence electrons. The maximum Gasteiger partial charge on any atom is 0.119 e. The van der Waals surface area contributed by atoms with E-state index in [0.29, 0.717) is 12.6 Å². The van der Waals surface area contributed by atoms with Gasteiger partial charge in [-0.2, -0.15) is 0 Å². The molecule has 2 nitrogen and oxygen atoms in total. The third-order valence-electron chi connectivity index (χ3n) is 3.95. The molecule has 0 saturated heterocycles. The second-order valence-corrected chi connectivity index (χ2v) is 6.35. The fourth-order valence-corrected chi connectivity index (χ4v) is 2.39. The molecule has 2 rings (SSSR count). The van der Waals surface area contributed by atoms with Crippen LogP contribution in [0.2, 0.25) is 5.02 Å². The third kappa shape index (κ3) is 5.36. The van der Waals surface area contributed by atoms with Crippen LogP contribution < -0.4 is 4.74 Å². The lowest BCUT2D eigenvalue weighted by Crippen LogP contribution is -2.24. The van der Waals surface area contributed by atoms with E-state index in [1.165, 1.54) is 5.56 Å². The number of rotatable bonds is 7. The number of benzene rings is 2. The van der Waals surface area contributed by atoms with Gasteiger partial charge in [-0.15, -0.1) is 0 Å². The van der Waals surface area contributed by atoms with Crippen molar-refractivity contribution in [3.8, 4) is 5.75 Å². The van der Waals surface area contributed by atoms with E-state index >= 15 is 0 Å². The lowest BCUT2D eigenvalue weighted by atomic mass is 10.1. The van der Waals surface area contributed by atoms with E-state index in [1.807, 2.05) is 36.4 Å². The zero-order valence-corrected chi connectivity index (χ0v) is 14.3. The molecule has 0 spiro atoms. The van der Waals surface area contributed by atoms with Gasteiger partial charge in [0, 0.05) is 11.1 Å². The van der Waals surface area contributed by atoms with Gasteiger partial charge in [-0.05, 0) is 69.3 Å². The second kappa shape index (κ2) is 8.21. The van der Waals surface area contributed by atoms with E-state index in [4.69, 9.17) is 16.3 Å². The van der Waals surface area contributed by atoms with E-state index in [1.54, 1.807) is 0 Å². The van der Waals surface area contributed by atoms with E-state index in [2.05, 4.69) is 38.1 Å². The Morgan fingerprint density at radius 3 is 2.41 bits per heavy atom. The predicted octanol–water partition coefficient (Wildman–Crippen LogP) is 4.80. The zero-order chi connectivity index (χ0) is 15.9. The molecular weight excluding hydrogens is 294 g/mol. The normalized spacial score (nSPS) is 12.4. The van der Waals surface area contributed by atoms with Gasteiger partial charge in [0.25, 0.3) is 0 Å². The Bertz CT molecular complexity index is 580. The Kier molecular flexibility index (Phi) is 6.29. The molecule has 3 heteroatoms. The van der Waals surface area contributed by atoms with Gasteiger partial charge in [0.1, 0.15) is 12.4 Å². The molecular formula is C19H24ClNO. The van der Waals surface area contributed by atoms with E-state index in [0.717, 1.165) is 29.2 Å². The Morgan fingerprint density at radius 1 is 1.05 bits per heavy atom. The number of aryl methyl sites for hydroxylation is 1. The minimum absolute atomic E-state index is 0.539. The van der Waals surface area contributed by atoms with Crippen molar-refractivity contribution < 1.29 is 4.74 Å². The van der Waals surface area contributed by atoms with Crippen LogP contribution in [0.1, 0.15) is 24.5 Å². The van der Waals surface area contributed by atoms with Gasteiger partial charge in [-0.1, -0.05) is 35.9 Å². The molecule has 2 aromatic rings. The van der Waals surface area contributed by atoms with Gasteiger partial charge in [0.2, 0.25) is 0 Å². The first-order valence-electron chi connectivity index (χ1n) is 7.67. The fraction of sp³-hybridized carbons (Fsp3) is 0.368. The average Bonchev–Trinajstić information content (AvgIpc) is 2.51. The van der Waals surface area contributed by atoms with Crippen molar-refractivity contribution in [2.75, 3.05) is 14.1 Å². The van der Waals surface area contributed by atoms with Crippen LogP contribution in [0.25, 0.3) is 0 Å². The van der Waals surface area contributed by atoms with Gasteiger partial charge in [0.05, 0.1) is 0 Å². The Morgan fingerprint density at radius 2 is 1.77 bits per heavy atom. The van der Waals surface area contributed by atoms with Crippen LogP contribution in [0.5, 0.6) is 5.75 Å². The molecule has 0 radical (unpaired) electrons. The lowest BCUT2D eigenvalue weighted by Gasteiger charge is -2.19. The van der Waals surface area contributed by atoms with E-state index in [9.17, 15) is 0 Å². The molecule has 1 unspecified atom stereocenters. The Hall–Kier alpha value is -1.51.